The van der Waals surface area contributed by atoms with E-state index in [1.807, 2.05) is 16.8 Å². The van der Waals surface area contributed by atoms with Crippen LogP contribution in [0.3, 0.4) is 0 Å². The molecular weight excluding hydrogens is 292 g/mol. The smallest absolute Gasteiger partial charge is 0.335 e. The third-order valence-electron chi connectivity index (χ3n) is 3.41. The van der Waals surface area contributed by atoms with E-state index in [0.29, 0.717) is 22.4 Å². The second kappa shape index (κ2) is 5.26. The Morgan fingerprint density at radius 2 is 2.05 bits per heavy atom. The van der Waals surface area contributed by atoms with Gasteiger partial charge in [-0.1, -0.05) is 11.6 Å². The highest BCUT2D eigenvalue weighted by Crippen LogP contribution is 2.36. The maximum absolute atomic E-state index is 12.3. The average Bonchev–Trinajstić information content (AvgIpc) is 3.18. The summed E-state index contributed by atoms with van der Waals surface area (Å²) in [6.45, 7) is 0. The van der Waals surface area contributed by atoms with Crippen LogP contribution in [0.15, 0.2) is 36.5 Å². The number of carboxylic acids is 1. The highest BCUT2D eigenvalue weighted by atomic mass is 35.5. The zero-order valence-corrected chi connectivity index (χ0v) is 11.8. The standard InChI is InChI=1S/C15H13ClN2O3/c16-11-6-3-9(15(20)21)8-12(11)17-14(19)13-2-1-7-18(13)10-4-5-10/h1-3,6-8,10H,4-5H2,(H,17,19)(H,20,21). The molecule has 0 saturated heterocycles. The fourth-order valence-electron chi connectivity index (χ4n) is 2.20. The Bertz CT molecular complexity index is 719. The summed E-state index contributed by atoms with van der Waals surface area (Å²) in [5.74, 6) is -1.36. The summed E-state index contributed by atoms with van der Waals surface area (Å²) in [4.78, 5) is 23.3. The number of rotatable bonds is 4. The highest BCUT2D eigenvalue weighted by Gasteiger charge is 2.26. The van der Waals surface area contributed by atoms with Crippen LogP contribution in [-0.4, -0.2) is 21.6 Å². The lowest BCUT2D eigenvalue weighted by Crippen LogP contribution is -2.17. The molecule has 1 aliphatic rings. The van der Waals surface area contributed by atoms with Crippen LogP contribution in [0.4, 0.5) is 5.69 Å². The fraction of sp³-hybridized carbons (Fsp3) is 0.200. The van der Waals surface area contributed by atoms with Crippen molar-refractivity contribution in [3.8, 4) is 0 Å². The molecule has 5 nitrogen and oxygen atoms in total. The zero-order valence-electron chi connectivity index (χ0n) is 11.0. The summed E-state index contributed by atoms with van der Waals surface area (Å²) in [5, 5.41) is 12.0. The van der Waals surface area contributed by atoms with Crippen LogP contribution in [0, 0.1) is 0 Å². The normalized spacial score (nSPS) is 14.0. The molecule has 6 heteroatoms. The predicted octanol–water partition coefficient (Wildman–Crippen LogP) is 3.43. The van der Waals surface area contributed by atoms with Crippen LogP contribution >= 0.6 is 11.6 Å². The molecule has 0 unspecified atom stereocenters. The number of carboxylic acid groups (broad SMARTS) is 1. The van der Waals surface area contributed by atoms with Gasteiger partial charge in [-0.3, -0.25) is 4.79 Å². The molecular formula is C15H13ClN2O3. The van der Waals surface area contributed by atoms with Crippen LogP contribution in [0.25, 0.3) is 0 Å². The number of nitrogens with one attached hydrogen (secondary N) is 1. The lowest BCUT2D eigenvalue weighted by atomic mass is 10.2. The number of hydrogen-bond acceptors (Lipinski definition) is 2. The monoisotopic (exact) mass is 304 g/mol. The Kier molecular flexibility index (Phi) is 3.43. The molecule has 1 aromatic carbocycles. The van der Waals surface area contributed by atoms with Gasteiger partial charge < -0.3 is 15.0 Å². The van der Waals surface area contributed by atoms with Crippen LogP contribution in [0.2, 0.25) is 5.02 Å². The van der Waals surface area contributed by atoms with Gasteiger partial charge in [0, 0.05) is 12.2 Å². The van der Waals surface area contributed by atoms with E-state index in [-0.39, 0.29) is 11.5 Å². The SMILES string of the molecule is O=C(O)c1ccc(Cl)c(NC(=O)c2cccn2C2CC2)c1. The van der Waals surface area contributed by atoms with Crippen molar-refractivity contribution in [1.29, 1.82) is 0 Å². The van der Waals surface area contributed by atoms with Crippen molar-refractivity contribution < 1.29 is 14.7 Å². The molecule has 1 fully saturated rings. The summed E-state index contributed by atoms with van der Waals surface area (Å²) >= 11 is 6.01. The zero-order chi connectivity index (χ0) is 15.0. The molecule has 1 aliphatic carbocycles. The van der Waals surface area contributed by atoms with Crippen molar-refractivity contribution in [3.05, 3.63) is 52.8 Å². The van der Waals surface area contributed by atoms with E-state index < -0.39 is 5.97 Å². The molecule has 108 valence electrons. The number of aromatic carboxylic acids is 1. The first-order valence-electron chi connectivity index (χ1n) is 6.57. The van der Waals surface area contributed by atoms with E-state index in [2.05, 4.69) is 5.32 Å². The number of aromatic nitrogens is 1. The fourth-order valence-corrected chi connectivity index (χ4v) is 2.36. The van der Waals surface area contributed by atoms with Gasteiger partial charge >= 0.3 is 5.97 Å². The van der Waals surface area contributed by atoms with Gasteiger partial charge in [0.1, 0.15) is 5.69 Å². The first-order valence-corrected chi connectivity index (χ1v) is 6.95. The molecule has 1 amide bonds. The largest absolute Gasteiger partial charge is 0.478 e. The Labute approximate surface area is 126 Å². The van der Waals surface area contributed by atoms with Gasteiger partial charge in [-0.2, -0.15) is 0 Å². The number of hydrogen-bond donors (Lipinski definition) is 2. The van der Waals surface area contributed by atoms with Crippen LogP contribution in [-0.2, 0) is 0 Å². The molecule has 0 bridgehead atoms. The molecule has 0 spiro atoms. The summed E-state index contributed by atoms with van der Waals surface area (Å²) < 4.78 is 1.93. The van der Waals surface area contributed by atoms with Gasteiger partial charge in [0.2, 0.25) is 0 Å². The van der Waals surface area contributed by atoms with E-state index in [1.54, 1.807) is 6.07 Å². The first-order chi connectivity index (χ1) is 10.1. The number of halogens is 1. The lowest BCUT2D eigenvalue weighted by Gasteiger charge is -2.10. The number of carbonyl (C=O) groups excluding carboxylic acids is 1. The van der Waals surface area contributed by atoms with E-state index >= 15 is 0 Å². The first kappa shape index (κ1) is 13.7. The Hall–Kier alpha value is -2.27. The molecule has 1 aromatic heterocycles. The van der Waals surface area contributed by atoms with Gasteiger partial charge in [-0.15, -0.1) is 0 Å². The minimum absolute atomic E-state index is 0.0762. The van der Waals surface area contributed by atoms with E-state index in [4.69, 9.17) is 16.7 Å². The Balaban J connectivity index is 1.85. The number of amides is 1. The van der Waals surface area contributed by atoms with Crippen LogP contribution < -0.4 is 5.32 Å². The van der Waals surface area contributed by atoms with E-state index in [1.165, 1.54) is 18.2 Å². The summed E-state index contributed by atoms with van der Waals surface area (Å²) in [7, 11) is 0. The topological polar surface area (TPSA) is 71.3 Å². The third kappa shape index (κ3) is 2.78. The van der Waals surface area contributed by atoms with Crippen molar-refractivity contribution in [3.63, 3.8) is 0 Å². The molecule has 3 rings (SSSR count). The van der Waals surface area contributed by atoms with E-state index in [9.17, 15) is 9.59 Å². The number of nitrogens with zero attached hydrogens (tertiary/aromatic N) is 1. The van der Waals surface area contributed by atoms with Crippen LogP contribution in [0.5, 0.6) is 0 Å². The van der Waals surface area contributed by atoms with Crippen molar-refractivity contribution in [2.24, 2.45) is 0 Å². The molecule has 2 N–H and O–H groups in total. The Morgan fingerprint density at radius 1 is 1.29 bits per heavy atom. The molecule has 0 atom stereocenters. The number of benzene rings is 1. The summed E-state index contributed by atoms with van der Waals surface area (Å²) in [6.07, 6.45) is 4.02. The maximum Gasteiger partial charge on any atom is 0.335 e. The lowest BCUT2D eigenvalue weighted by molar-refractivity contribution is 0.0696. The minimum atomic E-state index is -1.07. The van der Waals surface area contributed by atoms with Gasteiger partial charge in [-0.05, 0) is 43.2 Å². The number of anilines is 1. The predicted molar refractivity (Wildman–Crippen MR) is 79.1 cm³/mol. The summed E-state index contributed by atoms with van der Waals surface area (Å²) in [5.41, 5.74) is 0.923. The Morgan fingerprint density at radius 3 is 2.71 bits per heavy atom. The molecule has 1 saturated carbocycles. The van der Waals surface area contributed by atoms with Gasteiger partial charge in [-0.25, -0.2) is 4.79 Å². The molecule has 21 heavy (non-hydrogen) atoms. The molecule has 1 heterocycles. The average molecular weight is 305 g/mol. The maximum atomic E-state index is 12.3. The highest BCUT2D eigenvalue weighted by molar-refractivity contribution is 6.34. The second-order valence-corrected chi connectivity index (χ2v) is 5.39. The van der Waals surface area contributed by atoms with Crippen molar-refractivity contribution in [2.75, 3.05) is 5.32 Å². The van der Waals surface area contributed by atoms with Gasteiger partial charge in [0.25, 0.3) is 5.91 Å². The van der Waals surface area contributed by atoms with Gasteiger partial charge in [0.05, 0.1) is 16.3 Å². The number of carbonyl (C=O) groups is 2. The second-order valence-electron chi connectivity index (χ2n) is 4.99. The molecule has 2 aromatic rings. The van der Waals surface area contributed by atoms with Gasteiger partial charge in [0.15, 0.2) is 0 Å². The van der Waals surface area contributed by atoms with Crippen molar-refractivity contribution >= 4 is 29.2 Å². The molecule has 0 radical (unpaired) electrons. The molecule has 0 aliphatic heterocycles. The summed E-state index contributed by atoms with van der Waals surface area (Å²) in [6, 6.07) is 8.16. The van der Waals surface area contributed by atoms with Crippen molar-refractivity contribution in [1.82, 2.24) is 4.57 Å². The third-order valence-corrected chi connectivity index (χ3v) is 3.74. The van der Waals surface area contributed by atoms with E-state index in [0.717, 1.165) is 12.8 Å². The van der Waals surface area contributed by atoms with Crippen LogP contribution in [0.1, 0.15) is 39.7 Å². The minimum Gasteiger partial charge on any atom is -0.478 e. The quantitative estimate of drug-likeness (QED) is 0.909. The van der Waals surface area contributed by atoms with Crippen molar-refractivity contribution in [2.45, 2.75) is 18.9 Å².